The van der Waals surface area contributed by atoms with Crippen molar-refractivity contribution in [2.45, 2.75) is 20.3 Å². The molecule has 3 nitrogen and oxygen atoms in total. The van der Waals surface area contributed by atoms with Gasteiger partial charge in [-0.2, -0.15) is 0 Å². The summed E-state index contributed by atoms with van der Waals surface area (Å²) in [5.74, 6) is 0.846. The van der Waals surface area contributed by atoms with Crippen LogP contribution in [-0.2, 0) is 4.74 Å². The number of benzene rings is 1. The molecule has 1 aliphatic heterocycles. The number of aryl methyl sites for hydroxylation is 2. The van der Waals surface area contributed by atoms with Crippen molar-refractivity contribution in [2.24, 2.45) is 0 Å². The summed E-state index contributed by atoms with van der Waals surface area (Å²) in [6.45, 7) is 9.92. The van der Waals surface area contributed by atoms with E-state index in [-0.39, 0.29) is 0 Å². The van der Waals surface area contributed by atoms with E-state index in [1.165, 1.54) is 0 Å². The minimum Gasteiger partial charge on any atom is -0.492 e. The number of hydrogen-bond acceptors (Lipinski definition) is 2. The fourth-order valence-electron chi connectivity index (χ4n) is 2.33. The summed E-state index contributed by atoms with van der Waals surface area (Å²) in [5.41, 5.74) is 2.18. The van der Waals surface area contributed by atoms with Crippen LogP contribution in [0.4, 0.5) is 0 Å². The molecule has 1 aromatic carbocycles. The molecule has 0 amide bonds. The predicted octanol–water partition coefficient (Wildman–Crippen LogP) is 1.64. The highest BCUT2D eigenvalue weighted by Gasteiger charge is 2.13. The van der Waals surface area contributed by atoms with E-state index < -0.39 is 0 Å². The number of rotatable bonds is 5. The van der Waals surface area contributed by atoms with Crippen molar-refractivity contribution in [3.63, 3.8) is 0 Å². The normalized spacial score (nSPS) is 16.6. The second kappa shape index (κ2) is 7.13. The Morgan fingerprint density at radius 3 is 2.63 bits per heavy atom. The molecule has 1 N–H and O–H groups in total. The molecule has 0 spiro atoms. The molecule has 19 heavy (non-hydrogen) atoms. The van der Waals surface area contributed by atoms with Gasteiger partial charge in [0, 0.05) is 6.42 Å². The third-order valence-corrected chi connectivity index (χ3v) is 4.08. The van der Waals surface area contributed by atoms with Crippen LogP contribution in [0.15, 0.2) is 12.1 Å². The van der Waals surface area contributed by atoms with Crippen LogP contribution in [0.1, 0.15) is 17.5 Å². The molecule has 0 unspecified atom stereocenters. The number of halogens is 1. The maximum atomic E-state index is 6.28. The van der Waals surface area contributed by atoms with Gasteiger partial charge < -0.3 is 14.4 Å². The summed E-state index contributed by atoms with van der Waals surface area (Å²) >= 11 is 6.28. The maximum Gasteiger partial charge on any atom is 0.141 e. The molecule has 4 heteroatoms. The summed E-state index contributed by atoms with van der Waals surface area (Å²) in [7, 11) is 0. The molecule has 0 bridgehead atoms. The summed E-state index contributed by atoms with van der Waals surface area (Å²) < 4.78 is 11.2. The highest BCUT2D eigenvalue weighted by atomic mass is 35.5. The zero-order chi connectivity index (χ0) is 13.7. The first-order valence-corrected chi connectivity index (χ1v) is 7.36. The molecule has 0 radical (unpaired) electrons. The smallest absolute Gasteiger partial charge is 0.141 e. The Kier molecular flexibility index (Phi) is 5.49. The standard InChI is InChI=1S/C15H22ClNO2/c1-12-4-5-13(2)15(14(12)16)19-9-3-6-17-7-10-18-11-8-17/h4-5H,3,6-11H2,1-2H3/p+1. The molecule has 1 aliphatic rings. The second-order valence-electron chi connectivity index (χ2n) is 5.16. The number of hydrogen-bond donors (Lipinski definition) is 1. The zero-order valence-electron chi connectivity index (χ0n) is 11.8. The number of ether oxygens (including phenoxy) is 2. The number of nitrogens with one attached hydrogen (secondary N) is 1. The molecule has 106 valence electrons. The Balaban J connectivity index is 1.77. The molecule has 1 aromatic rings. The van der Waals surface area contributed by atoms with E-state index in [2.05, 4.69) is 6.07 Å². The van der Waals surface area contributed by atoms with Crippen molar-refractivity contribution in [2.75, 3.05) is 39.5 Å². The lowest BCUT2D eigenvalue weighted by Crippen LogP contribution is -3.14. The minimum atomic E-state index is 0.731. The lowest BCUT2D eigenvalue weighted by molar-refractivity contribution is -0.908. The summed E-state index contributed by atoms with van der Waals surface area (Å²) in [6, 6.07) is 4.09. The third-order valence-electron chi connectivity index (χ3n) is 3.61. The molecule has 1 heterocycles. The van der Waals surface area contributed by atoms with Gasteiger partial charge >= 0.3 is 0 Å². The molecule has 0 saturated carbocycles. The first-order chi connectivity index (χ1) is 9.18. The second-order valence-corrected chi connectivity index (χ2v) is 5.53. The summed E-state index contributed by atoms with van der Waals surface area (Å²) in [4.78, 5) is 1.61. The highest BCUT2D eigenvalue weighted by molar-refractivity contribution is 6.32. The Morgan fingerprint density at radius 2 is 1.89 bits per heavy atom. The topological polar surface area (TPSA) is 22.9 Å². The van der Waals surface area contributed by atoms with E-state index >= 15 is 0 Å². The maximum absolute atomic E-state index is 6.28. The van der Waals surface area contributed by atoms with Crippen LogP contribution in [0.5, 0.6) is 5.75 Å². The lowest BCUT2D eigenvalue weighted by atomic mass is 10.1. The van der Waals surface area contributed by atoms with Crippen LogP contribution in [0.25, 0.3) is 0 Å². The van der Waals surface area contributed by atoms with Crippen LogP contribution >= 0.6 is 11.6 Å². The van der Waals surface area contributed by atoms with E-state index in [9.17, 15) is 0 Å². The quantitative estimate of drug-likeness (QED) is 0.831. The molecular weight excluding hydrogens is 262 g/mol. The predicted molar refractivity (Wildman–Crippen MR) is 77.4 cm³/mol. The Labute approximate surface area is 120 Å². The van der Waals surface area contributed by atoms with Gasteiger partial charge in [-0.15, -0.1) is 0 Å². The third kappa shape index (κ3) is 4.10. The largest absolute Gasteiger partial charge is 0.492 e. The van der Waals surface area contributed by atoms with E-state index in [4.69, 9.17) is 21.1 Å². The molecule has 0 aromatic heterocycles. The van der Waals surface area contributed by atoms with Crippen LogP contribution in [0.3, 0.4) is 0 Å². The molecule has 1 fully saturated rings. The van der Waals surface area contributed by atoms with Gasteiger partial charge in [-0.05, 0) is 25.0 Å². The van der Waals surface area contributed by atoms with E-state index in [1.54, 1.807) is 4.90 Å². The molecule has 0 aliphatic carbocycles. The van der Waals surface area contributed by atoms with Crippen molar-refractivity contribution in [3.8, 4) is 5.75 Å². The Morgan fingerprint density at radius 1 is 1.21 bits per heavy atom. The first-order valence-electron chi connectivity index (χ1n) is 6.98. The van der Waals surface area contributed by atoms with E-state index in [1.807, 2.05) is 19.9 Å². The summed E-state index contributed by atoms with van der Waals surface area (Å²) in [6.07, 6.45) is 1.05. The number of morpholine rings is 1. The SMILES string of the molecule is Cc1ccc(C)c(OCCC[NH+]2CCOCC2)c1Cl. The lowest BCUT2D eigenvalue weighted by Gasteiger charge is -2.23. The van der Waals surface area contributed by atoms with Crippen LogP contribution in [0.2, 0.25) is 5.02 Å². The van der Waals surface area contributed by atoms with Crippen molar-refractivity contribution >= 4 is 11.6 Å². The molecular formula is C15H23ClNO2+. The Hall–Kier alpha value is -0.770. The van der Waals surface area contributed by atoms with Crippen molar-refractivity contribution in [1.29, 1.82) is 0 Å². The van der Waals surface area contributed by atoms with E-state index in [0.29, 0.717) is 0 Å². The van der Waals surface area contributed by atoms with E-state index in [0.717, 1.165) is 67.8 Å². The van der Waals surface area contributed by atoms with Gasteiger partial charge in [0.2, 0.25) is 0 Å². The molecule has 2 rings (SSSR count). The van der Waals surface area contributed by atoms with Gasteiger partial charge in [0.25, 0.3) is 0 Å². The van der Waals surface area contributed by atoms with Crippen molar-refractivity contribution in [3.05, 3.63) is 28.3 Å². The van der Waals surface area contributed by atoms with Crippen molar-refractivity contribution in [1.82, 2.24) is 0 Å². The van der Waals surface area contributed by atoms with Gasteiger partial charge in [0.05, 0.1) is 31.4 Å². The van der Waals surface area contributed by atoms with Gasteiger partial charge in [0.1, 0.15) is 18.8 Å². The van der Waals surface area contributed by atoms with Gasteiger partial charge in [0.15, 0.2) is 0 Å². The van der Waals surface area contributed by atoms with Crippen molar-refractivity contribution < 1.29 is 14.4 Å². The van der Waals surface area contributed by atoms with Gasteiger partial charge in [-0.3, -0.25) is 0 Å². The average Bonchev–Trinajstić information content (AvgIpc) is 2.43. The molecule has 0 atom stereocenters. The zero-order valence-corrected chi connectivity index (χ0v) is 12.6. The fourth-order valence-corrected chi connectivity index (χ4v) is 2.60. The van der Waals surface area contributed by atoms with Gasteiger partial charge in [-0.25, -0.2) is 0 Å². The van der Waals surface area contributed by atoms with Crippen LogP contribution < -0.4 is 9.64 Å². The fraction of sp³-hybridized carbons (Fsp3) is 0.600. The Bertz CT molecular complexity index is 417. The number of quaternary nitrogens is 1. The highest BCUT2D eigenvalue weighted by Crippen LogP contribution is 2.31. The first kappa shape index (κ1) is 14.6. The van der Waals surface area contributed by atoms with Crippen LogP contribution in [0, 0.1) is 13.8 Å². The minimum absolute atomic E-state index is 0.731. The monoisotopic (exact) mass is 284 g/mol. The summed E-state index contributed by atoms with van der Waals surface area (Å²) in [5, 5.41) is 0.749. The van der Waals surface area contributed by atoms with Gasteiger partial charge in [-0.1, -0.05) is 23.7 Å². The van der Waals surface area contributed by atoms with Crippen LogP contribution in [-0.4, -0.2) is 39.5 Å². The molecule has 1 saturated heterocycles. The average molecular weight is 285 g/mol.